The van der Waals surface area contributed by atoms with Crippen LogP contribution in [0.3, 0.4) is 0 Å². The molecule has 5 nitrogen and oxygen atoms in total. The first-order valence-electron chi connectivity index (χ1n) is 8.69. The molecule has 27 heavy (non-hydrogen) atoms. The number of phenols is 2. The predicted octanol–water partition coefficient (Wildman–Crippen LogP) is 3.72. The van der Waals surface area contributed by atoms with E-state index in [1.54, 1.807) is 22.8 Å². The number of fused-ring (bicyclic) bond motifs is 1. The Hall–Kier alpha value is -3.60. The monoisotopic (exact) mass is 358 g/mol. The van der Waals surface area contributed by atoms with E-state index in [1.807, 2.05) is 36.4 Å². The zero-order valence-electron chi connectivity index (χ0n) is 14.5. The van der Waals surface area contributed by atoms with Gasteiger partial charge in [0.15, 0.2) is 0 Å². The van der Waals surface area contributed by atoms with Gasteiger partial charge in [-0.2, -0.15) is 0 Å². The van der Waals surface area contributed by atoms with Gasteiger partial charge in [0.2, 0.25) is 0 Å². The Morgan fingerprint density at radius 3 is 2.44 bits per heavy atom. The number of hydrogen-bond donors (Lipinski definition) is 2. The molecule has 0 radical (unpaired) electrons. The van der Waals surface area contributed by atoms with Gasteiger partial charge < -0.3 is 10.2 Å². The summed E-state index contributed by atoms with van der Waals surface area (Å²) in [6.45, 7) is 0.408. The highest BCUT2D eigenvalue weighted by molar-refractivity contribution is 5.80. The van der Waals surface area contributed by atoms with Crippen molar-refractivity contribution in [2.75, 3.05) is 0 Å². The number of aromatic nitrogens is 2. The Labute approximate surface area is 155 Å². The van der Waals surface area contributed by atoms with E-state index in [2.05, 4.69) is 4.98 Å². The lowest BCUT2D eigenvalue weighted by molar-refractivity contribution is 0.461. The summed E-state index contributed by atoms with van der Waals surface area (Å²) in [6.07, 6.45) is 0.646. The highest BCUT2D eigenvalue weighted by Crippen LogP contribution is 2.31. The average molecular weight is 358 g/mol. The maximum absolute atomic E-state index is 13.1. The van der Waals surface area contributed by atoms with Crippen LogP contribution in [0.25, 0.3) is 22.3 Å². The van der Waals surface area contributed by atoms with Crippen LogP contribution in [0.5, 0.6) is 11.5 Å². The van der Waals surface area contributed by atoms with Crippen LogP contribution in [0.1, 0.15) is 5.56 Å². The predicted molar refractivity (Wildman–Crippen MR) is 105 cm³/mol. The van der Waals surface area contributed by atoms with Gasteiger partial charge in [0, 0.05) is 6.54 Å². The van der Waals surface area contributed by atoms with Gasteiger partial charge in [0.05, 0.1) is 16.5 Å². The van der Waals surface area contributed by atoms with Gasteiger partial charge in [-0.05, 0) is 42.3 Å². The molecule has 3 aromatic carbocycles. The molecule has 0 fully saturated rings. The lowest BCUT2D eigenvalue weighted by Crippen LogP contribution is -2.24. The Kier molecular flexibility index (Phi) is 4.34. The Morgan fingerprint density at radius 2 is 1.63 bits per heavy atom. The van der Waals surface area contributed by atoms with Gasteiger partial charge in [0.1, 0.15) is 17.3 Å². The van der Waals surface area contributed by atoms with E-state index >= 15 is 0 Å². The highest BCUT2D eigenvalue weighted by Gasteiger charge is 2.16. The first kappa shape index (κ1) is 16.8. The van der Waals surface area contributed by atoms with Gasteiger partial charge in [-0.25, -0.2) is 4.98 Å². The molecule has 134 valence electrons. The molecule has 0 amide bonds. The number of phenolic OH excluding ortho intramolecular Hbond substituents is 2. The molecule has 0 saturated carbocycles. The minimum absolute atomic E-state index is 0.000169. The summed E-state index contributed by atoms with van der Waals surface area (Å²) in [5.74, 6) is 0.297. The highest BCUT2D eigenvalue weighted by atomic mass is 16.3. The van der Waals surface area contributed by atoms with Crippen molar-refractivity contribution >= 4 is 10.9 Å². The number of hydrogen-bond acceptors (Lipinski definition) is 4. The maximum atomic E-state index is 13.1. The molecule has 4 rings (SSSR count). The molecule has 1 aromatic heterocycles. The minimum Gasteiger partial charge on any atom is -0.508 e. The summed E-state index contributed by atoms with van der Waals surface area (Å²) in [5.41, 5.74) is 1.81. The standard InChI is InChI=1S/C22H18N2O3/c25-16-10-11-20(26)18(14-16)21-23-19-9-5-4-8-17(19)22(27)24(21)13-12-15-6-2-1-3-7-15/h1-11,14,25-26H,12-13H2. The van der Waals surface area contributed by atoms with Crippen LogP contribution in [0, 0.1) is 0 Å². The number of rotatable bonds is 4. The van der Waals surface area contributed by atoms with E-state index in [-0.39, 0.29) is 17.1 Å². The third-order valence-electron chi connectivity index (χ3n) is 4.55. The third-order valence-corrected chi connectivity index (χ3v) is 4.55. The Balaban J connectivity index is 1.90. The second kappa shape index (κ2) is 6.96. The van der Waals surface area contributed by atoms with E-state index in [0.29, 0.717) is 35.3 Å². The molecule has 5 heteroatoms. The summed E-state index contributed by atoms with van der Waals surface area (Å²) in [4.78, 5) is 17.7. The summed E-state index contributed by atoms with van der Waals surface area (Å²) in [5, 5.41) is 20.7. The van der Waals surface area contributed by atoms with E-state index < -0.39 is 0 Å². The van der Waals surface area contributed by atoms with Crippen LogP contribution in [-0.4, -0.2) is 19.8 Å². The molecule has 0 unspecified atom stereocenters. The fourth-order valence-corrected chi connectivity index (χ4v) is 3.17. The van der Waals surface area contributed by atoms with Crippen molar-refractivity contribution in [3.05, 3.63) is 88.7 Å². The van der Waals surface area contributed by atoms with Crippen LogP contribution in [-0.2, 0) is 13.0 Å². The van der Waals surface area contributed by atoms with E-state index in [4.69, 9.17) is 0 Å². The molecule has 0 saturated heterocycles. The Bertz CT molecular complexity index is 1170. The lowest BCUT2D eigenvalue weighted by Gasteiger charge is -2.15. The number of nitrogens with zero attached hydrogens (tertiary/aromatic N) is 2. The van der Waals surface area contributed by atoms with Crippen LogP contribution >= 0.6 is 0 Å². The smallest absolute Gasteiger partial charge is 0.261 e. The van der Waals surface area contributed by atoms with Crippen molar-refractivity contribution in [2.24, 2.45) is 0 Å². The van der Waals surface area contributed by atoms with Crippen molar-refractivity contribution in [1.82, 2.24) is 9.55 Å². The van der Waals surface area contributed by atoms with Crippen molar-refractivity contribution in [1.29, 1.82) is 0 Å². The molecule has 0 aliphatic rings. The zero-order chi connectivity index (χ0) is 18.8. The molecule has 0 spiro atoms. The lowest BCUT2D eigenvalue weighted by atomic mass is 10.1. The Morgan fingerprint density at radius 1 is 0.889 bits per heavy atom. The van der Waals surface area contributed by atoms with Crippen LogP contribution in [0.2, 0.25) is 0 Å². The van der Waals surface area contributed by atoms with Gasteiger partial charge in [-0.1, -0.05) is 42.5 Å². The second-order valence-corrected chi connectivity index (χ2v) is 6.35. The largest absolute Gasteiger partial charge is 0.508 e. The number of aryl methyl sites for hydroxylation is 1. The summed E-state index contributed by atoms with van der Waals surface area (Å²) < 4.78 is 1.56. The van der Waals surface area contributed by atoms with Crippen LogP contribution in [0.4, 0.5) is 0 Å². The molecule has 0 aliphatic heterocycles. The fraction of sp³-hybridized carbons (Fsp3) is 0.0909. The number of benzene rings is 3. The van der Waals surface area contributed by atoms with Gasteiger partial charge >= 0.3 is 0 Å². The quantitative estimate of drug-likeness (QED) is 0.545. The zero-order valence-corrected chi connectivity index (χ0v) is 14.5. The molecule has 2 N–H and O–H groups in total. The van der Waals surface area contributed by atoms with Crippen LogP contribution in [0.15, 0.2) is 77.6 Å². The van der Waals surface area contributed by atoms with Gasteiger partial charge in [-0.3, -0.25) is 9.36 Å². The first-order chi connectivity index (χ1) is 13.1. The second-order valence-electron chi connectivity index (χ2n) is 6.35. The maximum Gasteiger partial charge on any atom is 0.261 e. The number of aromatic hydroxyl groups is 2. The van der Waals surface area contributed by atoms with Crippen molar-refractivity contribution < 1.29 is 10.2 Å². The molecule has 1 heterocycles. The fourth-order valence-electron chi connectivity index (χ4n) is 3.17. The molecular formula is C22H18N2O3. The molecule has 0 aliphatic carbocycles. The molecule has 0 atom stereocenters. The minimum atomic E-state index is -0.172. The number of para-hydroxylation sites is 1. The first-order valence-corrected chi connectivity index (χ1v) is 8.69. The SMILES string of the molecule is O=c1c2ccccc2nc(-c2cc(O)ccc2O)n1CCc1ccccc1. The third kappa shape index (κ3) is 3.27. The van der Waals surface area contributed by atoms with Crippen LogP contribution < -0.4 is 5.56 Å². The topological polar surface area (TPSA) is 75.3 Å². The average Bonchev–Trinajstić information content (AvgIpc) is 2.70. The normalized spacial score (nSPS) is 11.0. The molecule has 4 aromatic rings. The summed E-state index contributed by atoms with van der Waals surface area (Å²) in [7, 11) is 0. The van der Waals surface area contributed by atoms with Gasteiger partial charge in [0.25, 0.3) is 5.56 Å². The van der Waals surface area contributed by atoms with E-state index in [1.165, 1.54) is 18.2 Å². The van der Waals surface area contributed by atoms with E-state index in [0.717, 1.165) is 5.56 Å². The van der Waals surface area contributed by atoms with E-state index in [9.17, 15) is 15.0 Å². The molecule has 0 bridgehead atoms. The van der Waals surface area contributed by atoms with Crippen molar-refractivity contribution in [3.63, 3.8) is 0 Å². The summed E-state index contributed by atoms with van der Waals surface area (Å²) >= 11 is 0. The summed E-state index contributed by atoms with van der Waals surface area (Å²) in [6, 6.07) is 21.2. The van der Waals surface area contributed by atoms with Crippen molar-refractivity contribution in [3.8, 4) is 22.9 Å². The van der Waals surface area contributed by atoms with Crippen molar-refractivity contribution in [2.45, 2.75) is 13.0 Å². The molecular weight excluding hydrogens is 340 g/mol. The van der Waals surface area contributed by atoms with Gasteiger partial charge in [-0.15, -0.1) is 0 Å².